The van der Waals surface area contributed by atoms with E-state index in [0.29, 0.717) is 6.07 Å². The Balaban J connectivity index is 3.45. The molecule has 0 bridgehead atoms. The predicted octanol–water partition coefficient (Wildman–Crippen LogP) is 4.50. The van der Waals surface area contributed by atoms with Gasteiger partial charge in [0, 0.05) is 5.69 Å². The molecule has 0 amide bonds. The Morgan fingerprint density at radius 2 is 1.25 bits per heavy atom. The zero-order valence-corrected chi connectivity index (χ0v) is 9.29. The zero-order chi connectivity index (χ0) is 15.9. The highest BCUT2D eigenvalue weighted by Gasteiger charge is 2.57. The Kier molecular flexibility index (Phi) is 3.90. The fraction of sp³-hybridized carbons (Fsp3) is 0.400. The van der Waals surface area contributed by atoms with Crippen molar-refractivity contribution in [3.05, 3.63) is 29.3 Å². The number of halogens is 9. The highest BCUT2D eigenvalue weighted by molar-refractivity contribution is 5.51. The first-order chi connectivity index (χ1) is 8.74. The molecule has 10 heteroatoms. The quantitative estimate of drug-likeness (QED) is 0.600. The first-order valence-corrected chi connectivity index (χ1v) is 4.84. The number of rotatable bonds is 1. The third kappa shape index (κ3) is 3.48. The molecule has 0 fully saturated rings. The van der Waals surface area contributed by atoms with Gasteiger partial charge in [-0.05, 0) is 17.7 Å². The molecule has 0 spiro atoms. The van der Waals surface area contributed by atoms with Gasteiger partial charge in [0.2, 0.25) is 0 Å². The third-order valence-electron chi connectivity index (χ3n) is 2.37. The molecule has 114 valence electrons. The van der Waals surface area contributed by atoms with Gasteiger partial charge in [0.25, 0.3) is 0 Å². The van der Waals surface area contributed by atoms with Crippen LogP contribution in [0.5, 0.6) is 0 Å². The maximum absolute atomic E-state index is 12.4. The van der Waals surface area contributed by atoms with E-state index in [1.165, 1.54) is 0 Å². The van der Waals surface area contributed by atoms with Crippen LogP contribution in [0.1, 0.15) is 17.0 Å². The summed E-state index contributed by atoms with van der Waals surface area (Å²) in [7, 11) is 0. The van der Waals surface area contributed by atoms with E-state index < -0.39 is 41.3 Å². The van der Waals surface area contributed by atoms with E-state index in [1.54, 1.807) is 0 Å². The van der Waals surface area contributed by atoms with E-state index in [-0.39, 0.29) is 12.1 Å². The van der Waals surface area contributed by atoms with Crippen LogP contribution in [-0.2, 0) is 6.18 Å². The average Bonchev–Trinajstić information content (AvgIpc) is 2.14. The smallest absolute Gasteiger partial charge is 0.398 e. The van der Waals surface area contributed by atoms with Gasteiger partial charge < -0.3 is 5.73 Å². The first kappa shape index (κ1) is 16.4. The van der Waals surface area contributed by atoms with Crippen molar-refractivity contribution in [2.24, 2.45) is 0 Å². The second kappa shape index (κ2) is 4.74. The molecule has 0 aliphatic carbocycles. The second-order valence-corrected chi connectivity index (χ2v) is 3.86. The molecular weight excluding hydrogens is 305 g/mol. The Hall–Kier alpha value is -1.61. The van der Waals surface area contributed by atoms with Crippen LogP contribution in [0.15, 0.2) is 18.2 Å². The highest BCUT2D eigenvalue weighted by Crippen LogP contribution is 2.47. The summed E-state index contributed by atoms with van der Waals surface area (Å²) in [4.78, 5) is 0. The van der Waals surface area contributed by atoms with Gasteiger partial charge >= 0.3 is 18.5 Å². The number of hydrogen-bond donors (Lipinski definition) is 1. The molecule has 1 aromatic carbocycles. The molecule has 0 aliphatic rings. The Labute approximate surface area is 106 Å². The van der Waals surface area contributed by atoms with Crippen LogP contribution >= 0.6 is 0 Å². The number of hydrogen-bond acceptors (Lipinski definition) is 1. The van der Waals surface area contributed by atoms with E-state index in [0.717, 1.165) is 0 Å². The van der Waals surface area contributed by atoms with E-state index in [2.05, 4.69) is 0 Å². The van der Waals surface area contributed by atoms with Crippen LogP contribution in [-0.4, -0.2) is 12.4 Å². The minimum Gasteiger partial charge on any atom is -0.398 e. The SMILES string of the molecule is Nc1ccc(C(C(F)(F)F)C(F)(F)F)cc1C(F)(F)F. The first-order valence-electron chi connectivity index (χ1n) is 4.84. The van der Waals surface area contributed by atoms with Crippen molar-refractivity contribution >= 4 is 5.69 Å². The minimum absolute atomic E-state index is 0.235. The molecule has 2 N–H and O–H groups in total. The molecule has 0 aliphatic heterocycles. The molecule has 0 aromatic heterocycles. The molecule has 20 heavy (non-hydrogen) atoms. The van der Waals surface area contributed by atoms with Gasteiger partial charge in [-0.15, -0.1) is 0 Å². The van der Waals surface area contributed by atoms with Crippen LogP contribution < -0.4 is 5.73 Å². The van der Waals surface area contributed by atoms with Gasteiger partial charge in [0.05, 0.1) is 5.56 Å². The minimum atomic E-state index is -5.77. The van der Waals surface area contributed by atoms with E-state index in [4.69, 9.17) is 5.73 Å². The normalized spacial score (nSPS) is 13.9. The topological polar surface area (TPSA) is 26.0 Å². The summed E-state index contributed by atoms with van der Waals surface area (Å²) in [5, 5.41) is 0. The van der Waals surface area contributed by atoms with Crippen LogP contribution in [0, 0.1) is 0 Å². The molecule has 1 nitrogen and oxygen atoms in total. The lowest BCUT2D eigenvalue weighted by molar-refractivity contribution is -0.253. The van der Waals surface area contributed by atoms with Crippen LogP contribution in [0.4, 0.5) is 45.2 Å². The van der Waals surface area contributed by atoms with Gasteiger partial charge in [0.15, 0.2) is 5.92 Å². The van der Waals surface area contributed by atoms with E-state index >= 15 is 0 Å². The number of nitrogens with two attached hydrogens (primary N) is 1. The van der Waals surface area contributed by atoms with Crippen molar-refractivity contribution in [3.8, 4) is 0 Å². The average molecular weight is 311 g/mol. The van der Waals surface area contributed by atoms with Crippen molar-refractivity contribution in [2.45, 2.75) is 24.4 Å². The van der Waals surface area contributed by atoms with Gasteiger partial charge in [0.1, 0.15) is 0 Å². The molecule has 0 heterocycles. The zero-order valence-electron chi connectivity index (χ0n) is 9.29. The second-order valence-electron chi connectivity index (χ2n) is 3.86. The summed E-state index contributed by atoms with van der Waals surface area (Å²) >= 11 is 0. The molecule has 1 rings (SSSR count). The van der Waals surface area contributed by atoms with Crippen molar-refractivity contribution in [3.63, 3.8) is 0 Å². The van der Waals surface area contributed by atoms with Gasteiger partial charge in [-0.25, -0.2) is 0 Å². The fourth-order valence-corrected chi connectivity index (χ4v) is 1.56. The molecule has 0 atom stereocenters. The lowest BCUT2D eigenvalue weighted by atomic mass is 9.95. The van der Waals surface area contributed by atoms with E-state index in [1.807, 2.05) is 0 Å². The molecule has 0 saturated heterocycles. The van der Waals surface area contributed by atoms with Crippen LogP contribution in [0.25, 0.3) is 0 Å². The molecule has 0 radical (unpaired) electrons. The lowest BCUT2D eigenvalue weighted by Gasteiger charge is -2.24. The molecule has 0 unspecified atom stereocenters. The Bertz CT molecular complexity index is 469. The number of anilines is 1. The Morgan fingerprint density at radius 3 is 1.60 bits per heavy atom. The third-order valence-corrected chi connectivity index (χ3v) is 2.37. The molecule has 1 aromatic rings. The highest BCUT2D eigenvalue weighted by atomic mass is 19.4. The van der Waals surface area contributed by atoms with Crippen LogP contribution in [0.2, 0.25) is 0 Å². The maximum Gasteiger partial charge on any atom is 0.418 e. The number of alkyl halides is 9. The summed E-state index contributed by atoms with van der Waals surface area (Å²) in [5.74, 6) is -4.00. The summed E-state index contributed by atoms with van der Waals surface area (Å²) in [6, 6.07) is 0.403. The van der Waals surface area contributed by atoms with Crippen molar-refractivity contribution in [2.75, 3.05) is 5.73 Å². The summed E-state index contributed by atoms with van der Waals surface area (Å²) in [6.07, 6.45) is -16.7. The monoisotopic (exact) mass is 311 g/mol. The van der Waals surface area contributed by atoms with Crippen molar-refractivity contribution in [1.82, 2.24) is 0 Å². The maximum atomic E-state index is 12.4. The largest absolute Gasteiger partial charge is 0.418 e. The van der Waals surface area contributed by atoms with Gasteiger partial charge in [-0.2, -0.15) is 39.5 Å². The van der Waals surface area contributed by atoms with Gasteiger partial charge in [-0.1, -0.05) is 6.07 Å². The number of nitrogen functional groups attached to an aromatic ring is 1. The van der Waals surface area contributed by atoms with Gasteiger partial charge in [-0.3, -0.25) is 0 Å². The summed E-state index contributed by atoms with van der Waals surface area (Å²) < 4.78 is 112. The summed E-state index contributed by atoms with van der Waals surface area (Å²) in [5.41, 5.74) is 0.652. The molecule has 0 saturated carbocycles. The van der Waals surface area contributed by atoms with E-state index in [9.17, 15) is 39.5 Å². The number of benzene rings is 1. The molecular formula is C10H6F9N. The van der Waals surface area contributed by atoms with Crippen molar-refractivity contribution in [1.29, 1.82) is 0 Å². The van der Waals surface area contributed by atoms with Crippen LogP contribution in [0.3, 0.4) is 0 Å². The summed E-state index contributed by atoms with van der Waals surface area (Å²) in [6.45, 7) is 0. The predicted molar refractivity (Wildman–Crippen MR) is 50.7 cm³/mol. The Morgan fingerprint density at radius 1 is 0.800 bits per heavy atom. The lowest BCUT2D eigenvalue weighted by Crippen LogP contribution is -2.34. The standard InChI is InChI=1S/C10H6F9N/c11-8(12,13)5-3-4(1-2-6(5)20)7(9(14,15)16)10(17,18)19/h1-3,7H,20H2. The van der Waals surface area contributed by atoms with Crippen molar-refractivity contribution < 1.29 is 39.5 Å². The fourth-order valence-electron chi connectivity index (χ4n) is 1.56.